The van der Waals surface area contributed by atoms with Crippen molar-refractivity contribution in [1.82, 2.24) is 9.97 Å². The number of hydrogen-bond acceptors (Lipinski definition) is 4. The highest BCUT2D eigenvalue weighted by molar-refractivity contribution is 5.54. The summed E-state index contributed by atoms with van der Waals surface area (Å²) in [6, 6.07) is 0. The highest BCUT2D eigenvalue weighted by Gasteiger charge is 2.05. The van der Waals surface area contributed by atoms with Crippen LogP contribution in [-0.4, -0.2) is 16.5 Å². The largest absolute Gasteiger partial charge is 0.383 e. The van der Waals surface area contributed by atoms with Crippen LogP contribution in [0.15, 0.2) is 0 Å². The van der Waals surface area contributed by atoms with Crippen molar-refractivity contribution in [2.45, 2.75) is 72.1 Å². The topological polar surface area (TPSA) is 63.8 Å². The van der Waals surface area contributed by atoms with Crippen LogP contribution in [0.2, 0.25) is 0 Å². The van der Waals surface area contributed by atoms with Crippen molar-refractivity contribution in [3.63, 3.8) is 0 Å². The molecular weight excluding hydrogens is 248 g/mol. The molecule has 4 heteroatoms. The van der Waals surface area contributed by atoms with E-state index in [1.54, 1.807) is 0 Å². The van der Waals surface area contributed by atoms with E-state index in [0.717, 1.165) is 23.8 Å². The minimum Gasteiger partial charge on any atom is -0.383 e. The average Bonchev–Trinajstić information content (AvgIpc) is 2.42. The van der Waals surface area contributed by atoms with Gasteiger partial charge in [0, 0.05) is 12.1 Å². The van der Waals surface area contributed by atoms with E-state index in [1.165, 1.54) is 51.4 Å². The van der Waals surface area contributed by atoms with Gasteiger partial charge in [0.05, 0.1) is 0 Å². The molecule has 0 amide bonds. The summed E-state index contributed by atoms with van der Waals surface area (Å²) in [4.78, 5) is 8.55. The average molecular weight is 278 g/mol. The molecule has 20 heavy (non-hydrogen) atoms. The van der Waals surface area contributed by atoms with E-state index in [4.69, 9.17) is 5.73 Å². The van der Waals surface area contributed by atoms with Crippen LogP contribution >= 0.6 is 0 Å². The number of hydrogen-bond donors (Lipinski definition) is 2. The molecule has 0 atom stereocenters. The Bertz CT molecular complexity index is 390. The number of anilines is 2. The number of nitrogen functional groups attached to an aromatic ring is 1. The van der Waals surface area contributed by atoms with E-state index in [9.17, 15) is 0 Å². The number of nitrogens with two attached hydrogens (primary N) is 1. The molecule has 0 aliphatic carbocycles. The van der Waals surface area contributed by atoms with Crippen LogP contribution in [0.1, 0.15) is 69.7 Å². The van der Waals surface area contributed by atoms with Gasteiger partial charge in [0.15, 0.2) is 0 Å². The van der Waals surface area contributed by atoms with Crippen molar-refractivity contribution >= 4 is 11.6 Å². The maximum atomic E-state index is 5.84. The fourth-order valence-electron chi connectivity index (χ4n) is 2.29. The molecule has 1 aromatic rings. The molecule has 0 aromatic carbocycles. The molecule has 0 unspecified atom stereocenters. The van der Waals surface area contributed by atoms with Crippen molar-refractivity contribution in [1.29, 1.82) is 0 Å². The van der Waals surface area contributed by atoms with Crippen LogP contribution in [0.25, 0.3) is 0 Å². The number of nitrogens with one attached hydrogen (secondary N) is 1. The first-order valence-electron chi connectivity index (χ1n) is 7.99. The Kier molecular flexibility index (Phi) is 8.00. The molecule has 3 N–H and O–H groups in total. The minimum atomic E-state index is 0.580. The number of nitrogens with zero attached hydrogens (tertiary/aromatic N) is 2. The van der Waals surface area contributed by atoms with Crippen LogP contribution in [0, 0.1) is 13.8 Å². The second kappa shape index (κ2) is 9.56. The van der Waals surface area contributed by atoms with E-state index >= 15 is 0 Å². The van der Waals surface area contributed by atoms with Gasteiger partial charge in [-0.25, -0.2) is 9.97 Å². The van der Waals surface area contributed by atoms with Gasteiger partial charge in [-0.1, -0.05) is 51.9 Å². The Hall–Kier alpha value is -1.32. The maximum absolute atomic E-state index is 5.84. The van der Waals surface area contributed by atoms with Gasteiger partial charge in [-0.15, -0.1) is 0 Å². The highest BCUT2D eigenvalue weighted by atomic mass is 15.0. The molecule has 1 aromatic heterocycles. The Balaban J connectivity index is 2.13. The maximum Gasteiger partial charge on any atom is 0.134 e. The van der Waals surface area contributed by atoms with Gasteiger partial charge in [-0.2, -0.15) is 0 Å². The molecule has 0 radical (unpaired) electrons. The summed E-state index contributed by atoms with van der Waals surface area (Å²) in [7, 11) is 0. The molecule has 0 saturated heterocycles. The van der Waals surface area contributed by atoms with E-state index in [0.29, 0.717) is 5.82 Å². The SMILES string of the molecule is CCCCCCCCCCNc1nc(C)nc(N)c1C. The number of aromatic nitrogens is 2. The molecule has 0 saturated carbocycles. The number of aryl methyl sites for hydroxylation is 1. The lowest BCUT2D eigenvalue weighted by Gasteiger charge is -2.10. The lowest BCUT2D eigenvalue weighted by Crippen LogP contribution is -2.09. The smallest absolute Gasteiger partial charge is 0.134 e. The molecule has 1 rings (SSSR count). The molecule has 0 spiro atoms. The predicted molar refractivity (Wildman–Crippen MR) is 87.0 cm³/mol. The quantitative estimate of drug-likeness (QED) is 0.629. The molecule has 0 aliphatic rings. The first-order chi connectivity index (χ1) is 9.65. The zero-order valence-electron chi connectivity index (χ0n) is 13.3. The highest BCUT2D eigenvalue weighted by Crippen LogP contribution is 2.17. The summed E-state index contributed by atoms with van der Waals surface area (Å²) in [5.41, 5.74) is 6.79. The van der Waals surface area contributed by atoms with Crippen molar-refractivity contribution in [2.24, 2.45) is 0 Å². The zero-order chi connectivity index (χ0) is 14.8. The summed E-state index contributed by atoms with van der Waals surface area (Å²) in [6.45, 7) is 7.06. The van der Waals surface area contributed by atoms with Crippen molar-refractivity contribution in [3.8, 4) is 0 Å². The van der Waals surface area contributed by atoms with Crippen molar-refractivity contribution < 1.29 is 0 Å². The molecule has 114 valence electrons. The second-order valence-corrected chi connectivity index (χ2v) is 5.53. The Morgan fingerprint density at radius 2 is 1.50 bits per heavy atom. The second-order valence-electron chi connectivity index (χ2n) is 5.53. The monoisotopic (exact) mass is 278 g/mol. The zero-order valence-corrected chi connectivity index (χ0v) is 13.3. The van der Waals surface area contributed by atoms with Crippen LogP contribution in [0.5, 0.6) is 0 Å². The third kappa shape index (κ3) is 6.22. The molecule has 0 bridgehead atoms. The fraction of sp³-hybridized carbons (Fsp3) is 0.750. The predicted octanol–water partition coefficient (Wildman–Crippen LogP) is 4.23. The Morgan fingerprint density at radius 1 is 0.900 bits per heavy atom. The van der Waals surface area contributed by atoms with Gasteiger partial charge in [0.25, 0.3) is 0 Å². The van der Waals surface area contributed by atoms with Gasteiger partial charge in [-0.3, -0.25) is 0 Å². The van der Waals surface area contributed by atoms with Gasteiger partial charge < -0.3 is 11.1 Å². The number of rotatable bonds is 10. The van der Waals surface area contributed by atoms with E-state index in [1.807, 2.05) is 13.8 Å². The summed E-state index contributed by atoms with van der Waals surface area (Å²) in [5.74, 6) is 2.19. The van der Waals surface area contributed by atoms with E-state index in [2.05, 4.69) is 22.2 Å². The number of unbranched alkanes of at least 4 members (excludes halogenated alkanes) is 7. The van der Waals surface area contributed by atoms with E-state index < -0.39 is 0 Å². The van der Waals surface area contributed by atoms with Gasteiger partial charge in [0.2, 0.25) is 0 Å². The van der Waals surface area contributed by atoms with Crippen molar-refractivity contribution in [2.75, 3.05) is 17.6 Å². The van der Waals surface area contributed by atoms with Crippen LogP contribution in [-0.2, 0) is 0 Å². The molecule has 0 fully saturated rings. The van der Waals surface area contributed by atoms with Crippen molar-refractivity contribution in [3.05, 3.63) is 11.4 Å². The van der Waals surface area contributed by atoms with Gasteiger partial charge in [-0.05, 0) is 20.3 Å². The Labute approximate surface area is 123 Å². The molecule has 1 heterocycles. The lowest BCUT2D eigenvalue weighted by molar-refractivity contribution is 0.581. The fourth-order valence-corrected chi connectivity index (χ4v) is 2.29. The first kappa shape index (κ1) is 16.7. The third-order valence-electron chi connectivity index (χ3n) is 3.62. The minimum absolute atomic E-state index is 0.580. The molecule has 4 nitrogen and oxygen atoms in total. The van der Waals surface area contributed by atoms with Gasteiger partial charge in [0.1, 0.15) is 17.5 Å². The van der Waals surface area contributed by atoms with E-state index in [-0.39, 0.29) is 0 Å². The lowest BCUT2D eigenvalue weighted by atomic mass is 10.1. The summed E-state index contributed by atoms with van der Waals surface area (Å²) in [5, 5.41) is 3.37. The first-order valence-corrected chi connectivity index (χ1v) is 7.99. The third-order valence-corrected chi connectivity index (χ3v) is 3.62. The standard InChI is InChI=1S/C16H30N4/c1-4-5-6-7-8-9-10-11-12-18-16-13(2)15(17)19-14(3)20-16/h4-12H2,1-3H3,(H3,17,18,19,20). The summed E-state index contributed by atoms with van der Waals surface area (Å²) in [6.07, 6.45) is 10.7. The molecule has 0 aliphatic heterocycles. The molecular formula is C16H30N4. The summed E-state index contributed by atoms with van der Waals surface area (Å²) >= 11 is 0. The normalized spacial score (nSPS) is 10.8. The van der Waals surface area contributed by atoms with Crippen LogP contribution in [0.4, 0.5) is 11.6 Å². The van der Waals surface area contributed by atoms with Gasteiger partial charge >= 0.3 is 0 Å². The van der Waals surface area contributed by atoms with Crippen LogP contribution < -0.4 is 11.1 Å². The Morgan fingerprint density at radius 3 is 2.15 bits per heavy atom. The summed E-state index contributed by atoms with van der Waals surface area (Å²) < 4.78 is 0. The van der Waals surface area contributed by atoms with Crippen LogP contribution in [0.3, 0.4) is 0 Å².